The van der Waals surface area contributed by atoms with Crippen molar-refractivity contribution in [2.45, 2.75) is 0 Å². The summed E-state index contributed by atoms with van der Waals surface area (Å²) in [5.74, 6) is 0.856. The SMILES string of the molecule is COc1ccccc1C=NN1CCN(c2ccccc2)CC1. The van der Waals surface area contributed by atoms with Crippen molar-refractivity contribution in [1.29, 1.82) is 0 Å². The van der Waals surface area contributed by atoms with E-state index in [0.29, 0.717) is 0 Å². The molecule has 114 valence electrons. The van der Waals surface area contributed by atoms with Crippen molar-refractivity contribution < 1.29 is 4.74 Å². The lowest BCUT2D eigenvalue weighted by Crippen LogP contribution is -2.44. The quantitative estimate of drug-likeness (QED) is 0.812. The molecule has 4 heteroatoms. The van der Waals surface area contributed by atoms with Gasteiger partial charge in [-0.1, -0.05) is 30.3 Å². The van der Waals surface area contributed by atoms with E-state index in [2.05, 4.69) is 45.3 Å². The average Bonchev–Trinajstić information content (AvgIpc) is 2.61. The average molecular weight is 295 g/mol. The first kappa shape index (κ1) is 14.4. The van der Waals surface area contributed by atoms with Crippen LogP contribution in [-0.2, 0) is 0 Å². The van der Waals surface area contributed by atoms with Gasteiger partial charge in [-0.25, -0.2) is 0 Å². The fraction of sp³-hybridized carbons (Fsp3) is 0.278. The second-order valence-electron chi connectivity index (χ2n) is 5.26. The molecule has 1 heterocycles. The number of ether oxygens (including phenoxy) is 1. The van der Waals surface area contributed by atoms with Gasteiger partial charge in [-0.05, 0) is 24.3 Å². The molecule has 2 aromatic carbocycles. The molecule has 0 unspecified atom stereocenters. The van der Waals surface area contributed by atoms with Crippen LogP contribution in [-0.4, -0.2) is 44.5 Å². The van der Waals surface area contributed by atoms with Crippen LogP contribution in [0, 0.1) is 0 Å². The van der Waals surface area contributed by atoms with Crippen LogP contribution in [0.5, 0.6) is 5.75 Å². The summed E-state index contributed by atoms with van der Waals surface area (Å²) in [6.07, 6.45) is 1.89. The first-order chi connectivity index (χ1) is 10.9. The van der Waals surface area contributed by atoms with Gasteiger partial charge >= 0.3 is 0 Å². The largest absolute Gasteiger partial charge is 0.496 e. The molecule has 0 N–H and O–H groups in total. The molecule has 0 atom stereocenters. The highest BCUT2D eigenvalue weighted by Crippen LogP contribution is 2.17. The van der Waals surface area contributed by atoms with E-state index in [1.54, 1.807) is 7.11 Å². The zero-order chi connectivity index (χ0) is 15.2. The van der Waals surface area contributed by atoms with Gasteiger partial charge in [0, 0.05) is 24.3 Å². The van der Waals surface area contributed by atoms with Crippen molar-refractivity contribution in [3.8, 4) is 5.75 Å². The van der Waals surface area contributed by atoms with E-state index in [0.717, 1.165) is 37.5 Å². The second-order valence-corrected chi connectivity index (χ2v) is 5.26. The molecule has 0 spiro atoms. The maximum atomic E-state index is 5.34. The summed E-state index contributed by atoms with van der Waals surface area (Å²) in [5, 5.41) is 6.71. The molecular formula is C18H21N3O. The van der Waals surface area contributed by atoms with Crippen LogP contribution in [0.25, 0.3) is 0 Å². The minimum atomic E-state index is 0.856. The number of nitrogens with zero attached hydrogens (tertiary/aromatic N) is 3. The number of anilines is 1. The molecule has 1 aliphatic rings. The van der Waals surface area contributed by atoms with E-state index < -0.39 is 0 Å². The van der Waals surface area contributed by atoms with Crippen LogP contribution in [0.2, 0.25) is 0 Å². The van der Waals surface area contributed by atoms with Gasteiger partial charge < -0.3 is 9.64 Å². The summed E-state index contributed by atoms with van der Waals surface area (Å²) < 4.78 is 5.34. The van der Waals surface area contributed by atoms with E-state index in [1.165, 1.54) is 5.69 Å². The number of hydrogen-bond donors (Lipinski definition) is 0. The predicted octanol–water partition coefficient (Wildman–Crippen LogP) is 2.85. The lowest BCUT2D eigenvalue weighted by Gasteiger charge is -2.34. The summed E-state index contributed by atoms with van der Waals surface area (Å²) in [4.78, 5) is 2.40. The Kier molecular flexibility index (Phi) is 4.59. The molecule has 0 aliphatic carbocycles. The van der Waals surface area contributed by atoms with Gasteiger partial charge in [0.2, 0.25) is 0 Å². The zero-order valence-corrected chi connectivity index (χ0v) is 12.9. The number of para-hydroxylation sites is 2. The maximum Gasteiger partial charge on any atom is 0.127 e. The fourth-order valence-corrected chi connectivity index (χ4v) is 2.63. The highest BCUT2D eigenvalue weighted by Gasteiger charge is 2.15. The van der Waals surface area contributed by atoms with Crippen molar-refractivity contribution >= 4 is 11.9 Å². The third-order valence-electron chi connectivity index (χ3n) is 3.88. The van der Waals surface area contributed by atoms with Gasteiger partial charge in [0.15, 0.2) is 0 Å². The van der Waals surface area contributed by atoms with E-state index in [-0.39, 0.29) is 0 Å². The topological polar surface area (TPSA) is 28.1 Å². The third-order valence-corrected chi connectivity index (χ3v) is 3.88. The molecule has 4 nitrogen and oxygen atoms in total. The van der Waals surface area contributed by atoms with Crippen LogP contribution in [0.3, 0.4) is 0 Å². The molecule has 0 amide bonds. The van der Waals surface area contributed by atoms with E-state index >= 15 is 0 Å². The molecule has 1 saturated heterocycles. The minimum absolute atomic E-state index is 0.856. The van der Waals surface area contributed by atoms with Gasteiger partial charge in [-0.3, -0.25) is 5.01 Å². The fourth-order valence-electron chi connectivity index (χ4n) is 2.63. The Balaban J connectivity index is 1.59. The lowest BCUT2D eigenvalue weighted by molar-refractivity contribution is 0.272. The van der Waals surface area contributed by atoms with Crippen molar-refractivity contribution in [3.63, 3.8) is 0 Å². The van der Waals surface area contributed by atoms with Gasteiger partial charge in [0.1, 0.15) is 5.75 Å². The molecule has 1 fully saturated rings. The van der Waals surface area contributed by atoms with Crippen molar-refractivity contribution in [3.05, 3.63) is 60.2 Å². The van der Waals surface area contributed by atoms with Crippen LogP contribution < -0.4 is 9.64 Å². The van der Waals surface area contributed by atoms with Crippen LogP contribution in [0.4, 0.5) is 5.69 Å². The van der Waals surface area contributed by atoms with E-state index in [9.17, 15) is 0 Å². The molecular weight excluding hydrogens is 274 g/mol. The number of hydrogen-bond acceptors (Lipinski definition) is 4. The Morgan fingerprint density at radius 1 is 0.909 bits per heavy atom. The van der Waals surface area contributed by atoms with Crippen LogP contribution >= 0.6 is 0 Å². The summed E-state index contributed by atoms with van der Waals surface area (Å²) in [6.45, 7) is 3.85. The van der Waals surface area contributed by atoms with Gasteiger partial charge in [0.05, 0.1) is 26.4 Å². The van der Waals surface area contributed by atoms with Gasteiger partial charge in [-0.15, -0.1) is 0 Å². The first-order valence-corrected chi connectivity index (χ1v) is 7.59. The molecule has 0 aromatic heterocycles. The number of benzene rings is 2. The Morgan fingerprint density at radius 3 is 2.32 bits per heavy atom. The van der Waals surface area contributed by atoms with Crippen molar-refractivity contribution in [2.24, 2.45) is 5.10 Å². The first-order valence-electron chi connectivity index (χ1n) is 7.59. The molecule has 1 aliphatic heterocycles. The molecule has 0 saturated carbocycles. The highest BCUT2D eigenvalue weighted by atomic mass is 16.5. The minimum Gasteiger partial charge on any atom is -0.496 e. The number of methoxy groups -OCH3 is 1. The highest BCUT2D eigenvalue weighted by molar-refractivity contribution is 5.83. The zero-order valence-electron chi connectivity index (χ0n) is 12.9. The molecule has 3 rings (SSSR count). The van der Waals surface area contributed by atoms with Crippen molar-refractivity contribution in [1.82, 2.24) is 5.01 Å². The molecule has 2 aromatic rings. The van der Waals surface area contributed by atoms with Gasteiger partial charge in [-0.2, -0.15) is 5.10 Å². The summed E-state index contributed by atoms with van der Waals surface area (Å²) in [5.41, 5.74) is 2.30. The molecule has 0 radical (unpaired) electrons. The second kappa shape index (κ2) is 6.98. The lowest BCUT2D eigenvalue weighted by atomic mass is 10.2. The smallest absolute Gasteiger partial charge is 0.127 e. The molecule has 0 bridgehead atoms. The summed E-state index contributed by atoms with van der Waals surface area (Å²) in [7, 11) is 1.69. The normalized spacial score (nSPS) is 15.3. The van der Waals surface area contributed by atoms with Crippen LogP contribution in [0.15, 0.2) is 59.7 Å². The Morgan fingerprint density at radius 2 is 1.59 bits per heavy atom. The summed E-state index contributed by atoms with van der Waals surface area (Å²) >= 11 is 0. The number of hydrazone groups is 1. The number of piperazine rings is 1. The number of rotatable bonds is 4. The van der Waals surface area contributed by atoms with Crippen LogP contribution in [0.1, 0.15) is 5.56 Å². The van der Waals surface area contributed by atoms with E-state index in [1.807, 2.05) is 30.5 Å². The van der Waals surface area contributed by atoms with Crippen molar-refractivity contribution in [2.75, 3.05) is 38.2 Å². The monoisotopic (exact) mass is 295 g/mol. The third kappa shape index (κ3) is 3.39. The Bertz CT molecular complexity index is 619. The maximum absolute atomic E-state index is 5.34. The van der Waals surface area contributed by atoms with Gasteiger partial charge in [0.25, 0.3) is 0 Å². The summed E-state index contributed by atoms with van der Waals surface area (Å²) in [6, 6.07) is 18.5. The predicted molar refractivity (Wildman–Crippen MR) is 90.8 cm³/mol. The Labute approximate surface area is 131 Å². The van der Waals surface area contributed by atoms with E-state index in [4.69, 9.17) is 4.74 Å². The molecule has 22 heavy (non-hydrogen) atoms. The Hall–Kier alpha value is -2.49. The standard InChI is InChI=1S/C18H21N3O/c1-22-18-10-6-5-7-16(18)15-19-21-13-11-20(12-14-21)17-8-3-2-4-9-17/h2-10,15H,11-14H2,1H3.